The Labute approximate surface area is 130 Å². The van der Waals surface area contributed by atoms with Crippen LogP contribution in [0, 0.1) is 25.7 Å². The Morgan fingerprint density at radius 1 is 1.25 bits per heavy atom. The number of nitrogens with one attached hydrogen (secondary N) is 1. The summed E-state index contributed by atoms with van der Waals surface area (Å²) in [4.78, 5) is 12.3. The van der Waals surface area contributed by atoms with Gasteiger partial charge in [-0.2, -0.15) is 0 Å². The van der Waals surface area contributed by atoms with Crippen molar-refractivity contribution in [3.05, 3.63) is 34.9 Å². The van der Waals surface area contributed by atoms with Gasteiger partial charge >= 0.3 is 0 Å². The second kappa shape index (κ2) is 7.26. The molecule has 0 heterocycles. The molecule has 0 aromatic heterocycles. The average Bonchev–Trinajstić information content (AvgIpc) is 2.48. The number of rotatable bonds is 4. The average molecular weight is 338 g/mol. The first-order chi connectivity index (χ1) is 9.63. The van der Waals surface area contributed by atoms with Crippen LogP contribution in [0.3, 0.4) is 0 Å². The number of hydrogen-bond donors (Lipinski definition) is 1. The van der Waals surface area contributed by atoms with Crippen LogP contribution in [0.5, 0.6) is 0 Å². The summed E-state index contributed by atoms with van der Waals surface area (Å²) in [6.07, 6.45) is 5.16. The van der Waals surface area contributed by atoms with E-state index in [1.807, 2.05) is 32.0 Å². The van der Waals surface area contributed by atoms with Crippen molar-refractivity contribution in [1.29, 1.82) is 0 Å². The Kier molecular flexibility index (Phi) is 5.64. The molecule has 1 saturated carbocycles. The maximum atomic E-state index is 12.3. The quantitative estimate of drug-likeness (QED) is 0.818. The van der Waals surface area contributed by atoms with E-state index < -0.39 is 0 Å². The number of halogens is 1. The van der Waals surface area contributed by atoms with Gasteiger partial charge in [-0.3, -0.25) is 4.79 Å². The topological polar surface area (TPSA) is 29.1 Å². The monoisotopic (exact) mass is 337 g/mol. The number of hydrogen-bond acceptors (Lipinski definition) is 1. The molecule has 0 spiro atoms. The van der Waals surface area contributed by atoms with Crippen LogP contribution in [0.15, 0.2) is 18.2 Å². The van der Waals surface area contributed by atoms with Crippen molar-refractivity contribution >= 4 is 21.8 Å². The molecule has 0 radical (unpaired) electrons. The van der Waals surface area contributed by atoms with Gasteiger partial charge in [0.2, 0.25) is 0 Å². The Balaban J connectivity index is 1.96. The highest BCUT2D eigenvalue weighted by Gasteiger charge is 2.24. The van der Waals surface area contributed by atoms with Crippen molar-refractivity contribution in [3.8, 4) is 0 Å². The van der Waals surface area contributed by atoms with E-state index in [4.69, 9.17) is 0 Å². The lowest BCUT2D eigenvalue weighted by Crippen LogP contribution is -2.35. The van der Waals surface area contributed by atoms with E-state index in [9.17, 15) is 4.79 Å². The van der Waals surface area contributed by atoms with E-state index in [1.54, 1.807) is 0 Å². The van der Waals surface area contributed by atoms with Gasteiger partial charge < -0.3 is 5.32 Å². The summed E-state index contributed by atoms with van der Waals surface area (Å²) in [5.74, 6) is 1.41. The minimum absolute atomic E-state index is 0.0742. The zero-order valence-electron chi connectivity index (χ0n) is 12.4. The molecule has 110 valence electrons. The first-order valence-corrected chi connectivity index (χ1v) is 8.66. The summed E-state index contributed by atoms with van der Waals surface area (Å²) in [7, 11) is 0. The smallest absolute Gasteiger partial charge is 0.251 e. The molecule has 2 atom stereocenters. The second-order valence-corrected chi connectivity index (χ2v) is 6.56. The van der Waals surface area contributed by atoms with Crippen LogP contribution in [-0.4, -0.2) is 17.8 Å². The maximum Gasteiger partial charge on any atom is 0.251 e. The minimum Gasteiger partial charge on any atom is -0.352 e. The normalized spacial score (nSPS) is 22.6. The molecule has 1 fully saturated rings. The molecule has 2 rings (SSSR count). The zero-order valence-corrected chi connectivity index (χ0v) is 14.0. The van der Waals surface area contributed by atoms with Gasteiger partial charge in [-0.1, -0.05) is 40.9 Å². The highest BCUT2D eigenvalue weighted by molar-refractivity contribution is 9.09. The van der Waals surface area contributed by atoms with Gasteiger partial charge in [-0.15, -0.1) is 0 Å². The largest absolute Gasteiger partial charge is 0.352 e. The van der Waals surface area contributed by atoms with E-state index in [0.29, 0.717) is 11.8 Å². The van der Waals surface area contributed by atoms with Crippen molar-refractivity contribution < 1.29 is 4.79 Å². The molecule has 3 heteroatoms. The molecular formula is C17H24BrNO. The summed E-state index contributed by atoms with van der Waals surface area (Å²) in [5, 5.41) is 4.19. The van der Waals surface area contributed by atoms with Gasteiger partial charge in [0.1, 0.15) is 0 Å². The van der Waals surface area contributed by atoms with Crippen LogP contribution in [0.4, 0.5) is 0 Å². The number of carbonyl (C=O) groups excluding carboxylic acids is 1. The van der Waals surface area contributed by atoms with E-state index in [1.165, 1.54) is 31.2 Å². The maximum absolute atomic E-state index is 12.3. The summed E-state index contributed by atoms with van der Waals surface area (Å²) in [6, 6.07) is 5.92. The molecule has 1 N–H and O–H groups in total. The van der Waals surface area contributed by atoms with Gasteiger partial charge in [-0.05, 0) is 55.7 Å². The lowest BCUT2D eigenvalue weighted by atomic mass is 9.80. The molecule has 2 unspecified atom stereocenters. The van der Waals surface area contributed by atoms with Crippen molar-refractivity contribution in [2.75, 3.05) is 11.9 Å². The van der Waals surface area contributed by atoms with Gasteiger partial charge in [-0.25, -0.2) is 0 Å². The Morgan fingerprint density at radius 3 is 2.65 bits per heavy atom. The van der Waals surface area contributed by atoms with Crippen molar-refractivity contribution in [1.82, 2.24) is 5.32 Å². The SMILES string of the molecule is Cc1cccc(C(=O)NCC2CCCCC2CBr)c1C. The Morgan fingerprint density at radius 2 is 1.95 bits per heavy atom. The van der Waals surface area contributed by atoms with Crippen LogP contribution in [-0.2, 0) is 0 Å². The zero-order chi connectivity index (χ0) is 14.5. The summed E-state index contributed by atoms with van der Waals surface area (Å²) >= 11 is 3.61. The highest BCUT2D eigenvalue weighted by atomic mass is 79.9. The molecule has 0 saturated heterocycles. The van der Waals surface area contributed by atoms with Crippen molar-refractivity contribution in [3.63, 3.8) is 0 Å². The summed E-state index contributed by atoms with van der Waals surface area (Å²) in [6.45, 7) is 4.88. The molecule has 20 heavy (non-hydrogen) atoms. The predicted octanol–water partition coefficient (Wildman–Crippen LogP) is 4.23. The Bertz CT molecular complexity index is 472. The molecule has 1 amide bonds. The third-order valence-electron chi connectivity index (χ3n) is 4.64. The van der Waals surface area contributed by atoms with Gasteiger partial charge in [0, 0.05) is 17.4 Å². The summed E-state index contributed by atoms with van der Waals surface area (Å²) in [5.41, 5.74) is 3.08. The first kappa shape index (κ1) is 15.6. The third kappa shape index (κ3) is 3.63. The first-order valence-electron chi connectivity index (χ1n) is 7.54. The molecule has 1 aromatic carbocycles. The second-order valence-electron chi connectivity index (χ2n) is 5.92. The standard InChI is InChI=1S/C17H24BrNO/c1-12-6-5-9-16(13(12)2)17(20)19-11-15-8-4-3-7-14(15)10-18/h5-6,9,14-15H,3-4,7-8,10-11H2,1-2H3,(H,19,20). The van der Waals surface area contributed by atoms with E-state index in [0.717, 1.165) is 23.0 Å². The molecule has 2 nitrogen and oxygen atoms in total. The van der Waals surface area contributed by atoms with Crippen molar-refractivity contribution in [2.24, 2.45) is 11.8 Å². The fourth-order valence-corrected chi connectivity index (χ4v) is 3.92. The molecule has 1 aliphatic carbocycles. The fourth-order valence-electron chi connectivity index (χ4n) is 3.07. The van der Waals surface area contributed by atoms with Crippen LogP contribution in [0.2, 0.25) is 0 Å². The Hall–Kier alpha value is -0.830. The van der Waals surface area contributed by atoms with Gasteiger partial charge in [0.15, 0.2) is 0 Å². The molecular weight excluding hydrogens is 314 g/mol. The third-order valence-corrected chi connectivity index (χ3v) is 5.47. The minimum atomic E-state index is 0.0742. The highest BCUT2D eigenvalue weighted by Crippen LogP contribution is 2.30. The predicted molar refractivity (Wildman–Crippen MR) is 87.5 cm³/mol. The fraction of sp³-hybridized carbons (Fsp3) is 0.588. The van der Waals surface area contributed by atoms with E-state index >= 15 is 0 Å². The molecule has 1 aliphatic rings. The van der Waals surface area contributed by atoms with Gasteiger partial charge in [0.05, 0.1) is 0 Å². The van der Waals surface area contributed by atoms with Crippen LogP contribution in [0.1, 0.15) is 47.2 Å². The van der Waals surface area contributed by atoms with E-state index in [-0.39, 0.29) is 5.91 Å². The van der Waals surface area contributed by atoms with Gasteiger partial charge in [0.25, 0.3) is 5.91 Å². The van der Waals surface area contributed by atoms with Crippen LogP contribution >= 0.6 is 15.9 Å². The number of aryl methyl sites for hydroxylation is 1. The lowest BCUT2D eigenvalue weighted by molar-refractivity contribution is 0.0936. The number of carbonyl (C=O) groups is 1. The van der Waals surface area contributed by atoms with Crippen LogP contribution < -0.4 is 5.32 Å². The molecule has 0 bridgehead atoms. The molecule has 0 aliphatic heterocycles. The number of alkyl halides is 1. The summed E-state index contributed by atoms with van der Waals surface area (Å²) < 4.78 is 0. The van der Waals surface area contributed by atoms with E-state index in [2.05, 4.69) is 21.2 Å². The molecule has 1 aromatic rings. The number of amides is 1. The van der Waals surface area contributed by atoms with Crippen molar-refractivity contribution in [2.45, 2.75) is 39.5 Å². The van der Waals surface area contributed by atoms with Crippen LogP contribution in [0.25, 0.3) is 0 Å². The number of benzene rings is 1. The lowest BCUT2D eigenvalue weighted by Gasteiger charge is -2.30.